The highest BCUT2D eigenvalue weighted by Gasteiger charge is 2.35. The third-order valence-electron chi connectivity index (χ3n) is 6.30. The summed E-state index contributed by atoms with van der Waals surface area (Å²) in [5, 5.41) is 2.44. The predicted octanol–water partition coefficient (Wildman–Crippen LogP) is 4.85. The number of methoxy groups -OCH3 is 1. The molecule has 0 spiro atoms. The zero-order valence-corrected chi connectivity index (χ0v) is 23.6. The van der Waals surface area contributed by atoms with Crippen molar-refractivity contribution in [1.29, 1.82) is 0 Å². The Morgan fingerprint density at radius 1 is 0.714 bits per heavy atom. The van der Waals surface area contributed by atoms with Crippen molar-refractivity contribution in [2.75, 3.05) is 66.5 Å². The van der Waals surface area contributed by atoms with Crippen molar-refractivity contribution < 1.29 is 60.0 Å². The summed E-state index contributed by atoms with van der Waals surface area (Å²) in [6.45, 7) is 1.82. The van der Waals surface area contributed by atoms with Crippen LogP contribution < -0.4 is 10.1 Å². The molecule has 0 bridgehead atoms. The molecular weight excluding hydrogens is 573 g/mol. The third-order valence-corrected chi connectivity index (χ3v) is 6.30. The molecule has 0 aromatic heterocycles. The second-order valence-corrected chi connectivity index (χ2v) is 9.37. The Balaban J connectivity index is 0.000000569. The summed E-state index contributed by atoms with van der Waals surface area (Å²) in [4.78, 5) is 22.3. The molecule has 3 rings (SSSR count). The van der Waals surface area contributed by atoms with Gasteiger partial charge in [0.15, 0.2) is 0 Å². The molecule has 1 aromatic carbocycles. The van der Waals surface area contributed by atoms with Gasteiger partial charge < -0.3 is 33.7 Å². The lowest BCUT2D eigenvalue weighted by Gasteiger charge is -2.09. The molecule has 2 atom stereocenters. The van der Waals surface area contributed by atoms with Gasteiger partial charge in [-0.05, 0) is 43.9 Å². The molecule has 2 aliphatic carbocycles. The summed E-state index contributed by atoms with van der Waals surface area (Å²) in [6.07, 6.45) is 10.9. The van der Waals surface area contributed by atoms with Crippen LogP contribution in [-0.4, -0.2) is 78.6 Å². The molecular formula is C28H38F5NO8. The number of fused-ring (bicyclic) bond motifs is 1. The monoisotopic (exact) mass is 611 g/mol. The van der Waals surface area contributed by atoms with Gasteiger partial charge in [-0.2, -0.15) is 8.78 Å². The first kappa shape index (κ1) is 35.4. The van der Waals surface area contributed by atoms with E-state index >= 15 is 0 Å². The van der Waals surface area contributed by atoms with Crippen LogP contribution in [0.1, 0.15) is 38.5 Å². The van der Waals surface area contributed by atoms with Crippen molar-refractivity contribution in [2.24, 2.45) is 11.8 Å². The van der Waals surface area contributed by atoms with Gasteiger partial charge in [-0.15, -0.1) is 0 Å². The van der Waals surface area contributed by atoms with E-state index in [9.17, 15) is 31.5 Å². The van der Waals surface area contributed by atoms with Crippen LogP contribution in [0.5, 0.6) is 5.75 Å². The number of benzene rings is 1. The molecule has 1 saturated carbocycles. The van der Waals surface area contributed by atoms with Gasteiger partial charge in [0.05, 0.1) is 66.4 Å². The highest BCUT2D eigenvalue weighted by Crippen LogP contribution is 2.46. The highest BCUT2D eigenvalue weighted by molar-refractivity contribution is 5.72. The van der Waals surface area contributed by atoms with Gasteiger partial charge in [-0.25, -0.2) is 18.0 Å². The van der Waals surface area contributed by atoms with E-state index in [1.54, 1.807) is 6.42 Å². The van der Waals surface area contributed by atoms with E-state index in [0.717, 1.165) is 11.8 Å². The van der Waals surface area contributed by atoms with Gasteiger partial charge in [-0.1, -0.05) is 12.2 Å². The Labute approximate surface area is 241 Å². The summed E-state index contributed by atoms with van der Waals surface area (Å²) >= 11 is 0. The molecule has 0 aliphatic heterocycles. The Bertz CT molecular complexity index is 970. The lowest BCUT2D eigenvalue weighted by Crippen LogP contribution is -2.27. The lowest BCUT2D eigenvalue weighted by molar-refractivity contribution is -0.136. The average Bonchev–Trinajstić information content (AvgIpc) is 3.71. The fourth-order valence-corrected chi connectivity index (χ4v) is 3.93. The van der Waals surface area contributed by atoms with Gasteiger partial charge in [0, 0.05) is 6.54 Å². The zero-order chi connectivity index (χ0) is 30.7. The Hall–Kier alpha value is -2.81. The summed E-state index contributed by atoms with van der Waals surface area (Å²) in [6, 6.07) is 0. The third kappa shape index (κ3) is 13.4. The number of rotatable bonds is 16. The molecule has 1 fully saturated rings. The maximum absolute atomic E-state index is 13.4. The first-order chi connectivity index (χ1) is 20.3. The van der Waals surface area contributed by atoms with Crippen LogP contribution in [0, 0.1) is 40.9 Å². The number of carbonyl (C=O) groups is 2. The molecule has 9 nitrogen and oxygen atoms in total. The number of amides is 1. The number of ether oxygens (including phenoxy) is 6. The number of hydrogen-bond acceptors (Lipinski definition) is 8. The van der Waals surface area contributed by atoms with Gasteiger partial charge in [0.1, 0.15) is 0 Å². The number of nitrogens with one attached hydrogen (secondary N) is 1. The second kappa shape index (κ2) is 20.2. The van der Waals surface area contributed by atoms with E-state index in [2.05, 4.69) is 26.9 Å². The Morgan fingerprint density at radius 2 is 1.17 bits per heavy atom. The Morgan fingerprint density at radius 3 is 1.67 bits per heavy atom. The fraction of sp³-hybridized carbons (Fsp3) is 0.643. The van der Waals surface area contributed by atoms with E-state index in [-0.39, 0.29) is 33.0 Å². The van der Waals surface area contributed by atoms with Crippen molar-refractivity contribution in [3.8, 4) is 5.75 Å². The smallest absolute Gasteiger partial charge is 0.406 e. The topological polar surface area (TPSA) is 102 Å². The van der Waals surface area contributed by atoms with Crippen molar-refractivity contribution in [3.05, 3.63) is 41.2 Å². The molecule has 2 aliphatic rings. The van der Waals surface area contributed by atoms with E-state index in [4.69, 9.17) is 18.9 Å². The average molecular weight is 612 g/mol. The molecule has 0 saturated heterocycles. The summed E-state index contributed by atoms with van der Waals surface area (Å²) in [5.41, 5.74) is 0. The number of hydrogen-bond donors (Lipinski definition) is 1. The summed E-state index contributed by atoms with van der Waals surface area (Å²) < 4.78 is 95.2. The minimum absolute atomic E-state index is 0.0755. The SMILES string of the molecule is C1=C\CCC2CC2CC/1.COC(=O)NCCOCCOCCOCCOCCC(=O)Oc1c(F)c(F)c(F)c(F)c1F. The van der Waals surface area contributed by atoms with Gasteiger partial charge >= 0.3 is 12.1 Å². The lowest BCUT2D eigenvalue weighted by atomic mass is 10.1. The van der Waals surface area contributed by atoms with Crippen LogP contribution in [-0.2, 0) is 28.5 Å². The van der Waals surface area contributed by atoms with Crippen molar-refractivity contribution >= 4 is 12.1 Å². The first-order valence-corrected chi connectivity index (χ1v) is 13.8. The van der Waals surface area contributed by atoms with Crippen LogP contribution >= 0.6 is 0 Å². The minimum atomic E-state index is -2.35. The highest BCUT2D eigenvalue weighted by atomic mass is 19.2. The van der Waals surface area contributed by atoms with Crippen molar-refractivity contribution in [3.63, 3.8) is 0 Å². The molecule has 0 radical (unpaired) electrons. The molecule has 42 heavy (non-hydrogen) atoms. The standard InChI is InChI=1S/C19H24F5NO8.C9H14/c1-28-19(27)25-3-5-30-7-9-32-11-10-31-8-6-29-4-2-12(26)33-18-16(23)14(21)13(20)15(22)17(18)24;1-2-4-6-9-7-8(9)5-3-1/h2-11H2,1H3,(H,25,27);1-2,8-9H,3-7H2/b;2-1-. The van der Waals surface area contributed by atoms with Crippen LogP contribution in [0.25, 0.3) is 0 Å². The van der Waals surface area contributed by atoms with Crippen LogP contribution in [0.3, 0.4) is 0 Å². The first-order valence-electron chi connectivity index (χ1n) is 13.8. The predicted molar refractivity (Wildman–Crippen MR) is 139 cm³/mol. The van der Waals surface area contributed by atoms with E-state index in [1.807, 2.05) is 0 Å². The fourth-order valence-electron chi connectivity index (χ4n) is 3.93. The van der Waals surface area contributed by atoms with Crippen LogP contribution in [0.15, 0.2) is 12.2 Å². The minimum Gasteiger partial charge on any atom is -0.453 e. The molecule has 14 heteroatoms. The van der Waals surface area contributed by atoms with Gasteiger partial charge in [-0.3, -0.25) is 4.79 Å². The number of alkyl carbamates (subject to hydrolysis) is 1. The number of esters is 1. The van der Waals surface area contributed by atoms with Crippen LogP contribution in [0.2, 0.25) is 0 Å². The molecule has 0 heterocycles. The molecule has 1 amide bonds. The van der Waals surface area contributed by atoms with Gasteiger partial charge in [0.25, 0.3) is 0 Å². The number of allylic oxidation sites excluding steroid dienone is 2. The zero-order valence-electron chi connectivity index (χ0n) is 23.6. The molecule has 1 N–H and O–H groups in total. The maximum atomic E-state index is 13.4. The van der Waals surface area contributed by atoms with Crippen molar-refractivity contribution in [2.45, 2.75) is 38.5 Å². The van der Waals surface area contributed by atoms with Crippen molar-refractivity contribution in [1.82, 2.24) is 5.32 Å². The largest absolute Gasteiger partial charge is 0.453 e. The molecule has 238 valence electrons. The number of halogens is 5. The Kier molecular flexibility index (Phi) is 17.0. The van der Waals surface area contributed by atoms with Gasteiger partial charge in [0.2, 0.25) is 34.8 Å². The number of carbonyl (C=O) groups excluding carboxylic acids is 2. The van der Waals surface area contributed by atoms with Crippen LogP contribution in [0.4, 0.5) is 26.7 Å². The summed E-state index contributed by atoms with van der Waals surface area (Å²) in [7, 11) is 1.26. The normalized spacial score (nSPS) is 18.0. The quantitative estimate of drug-likeness (QED) is 0.0539. The van der Waals surface area contributed by atoms with E-state index in [0.29, 0.717) is 26.4 Å². The summed E-state index contributed by atoms with van der Waals surface area (Å²) in [5.74, 6) is -11.9. The maximum Gasteiger partial charge on any atom is 0.406 e. The van der Waals surface area contributed by atoms with E-state index in [1.165, 1.54) is 32.8 Å². The van der Waals surface area contributed by atoms with E-state index < -0.39 is 53.3 Å². The molecule has 2 unspecified atom stereocenters. The molecule has 1 aromatic rings. The second-order valence-electron chi connectivity index (χ2n) is 9.37.